The molecule has 0 fully saturated rings. The predicted octanol–water partition coefficient (Wildman–Crippen LogP) is 5.69. The second kappa shape index (κ2) is 10.1. The van der Waals surface area contributed by atoms with Crippen LogP contribution in [-0.2, 0) is 16.7 Å². The highest BCUT2D eigenvalue weighted by atomic mass is 35.5. The van der Waals surface area contributed by atoms with Gasteiger partial charge in [-0.2, -0.15) is 8.42 Å². The Bertz CT molecular complexity index is 1180. The van der Waals surface area contributed by atoms with Gasteiger partial charge >= 0.3 is 10.1 Å². The predicted molar refractivity (Wildman–Crippen MR) is 122 cm³/mol. The van der Waals surface area contributed by atoms with Crippen molar-refractivity contribution in [1.82, 2.24) is 4.90 Å². The third-order valence-electron chi connectivity index (χ3n) is 5.07. The Hall–Kier alpha value is -2.90. The Balaban J connectivity index is 1.77. The van der Waals surface area contributed by atoms with E-state index in [-0.39, 0.29) is 22.6 Å². The molecular weight excluding hydrogens is 453 g/mol. The average molecular weight is 476 g/mol. The zero-order valence-corrected chi connectivity index (χ0v) is 19.2. The number of carbonyl (C=O) groups is 1. The maximum Gasteiger partial charge on any atom is 0.339 e. The molecule has 0 heterocycles. The summed E-state index contributed by atoms with van der Waals surface area (Å²) in [5.74, 6) is -0.597. The molecule has 1 unspecified atom stereocenters. The zero-order chi connectivity index (χ0) is 23.3. The average Bonchev–Trinajstić information content (AvgIpc) is 2.78. The van der Waals surface area contributed by atoms with E-state index in [2.05, 4.69) is 0 Å². The molecule has 0 N–H and O–H groups in total. The Kier molecular flexibility index (Phi) is 7.53. The first-order valence-electron chi connectivity index (χ1n) is 10.1. The monoisotopic (exact) mass is 475 g/mol. The van der Waals surface area contributed by atoms with Crippen LogP contribution in [0.2, 0.25) is 5.02 Å². The minimum Gasteiger partial charge on any atom is -0.379 e. The molecule has 0 saturated heterocycles. The molecule has 0 aliphatic carbocycles. The zero-order valence-electron chi connectivity index (χ0n) is 17.7. The first kappa shape index (κ1) is 23.8. The summed E-state index contributed by atoms with van der Waals surface area (Å²) in [5.41, 5.74) is 1.23. The molecule has 168 valence electrons. The van der Waals surface area contributed by atoms with Gasteiger partial charge < -0.3 is 9.08 Å². The van der Waals surface area contributed by atoms with Crippen LogP contribution in [0.15, 0.2) is 77.7 Å². The number of nitrogens with zero attached hydrogens (tertiary/aromatic N) is 1. The third kappa shape index (κ3) is 5.66. The van der Waals surface area contributed by atoms with E-state index in [0.717, 1.165) is 36.2 Å². The second-order valence-corrected chi connectivity index (χ2v) is 9.26. The van der Waals surface area contributed by atoms with Crippen LogP contribution in [0.4, 0.5) is 4.39 Å². The summed E-state index contributed by atoms with van der Waals surface area (Å²) in [7, 11) is -4.08. The van der Waals surface area contributed by atoms with E-state index in [4.69, 9.17) is 15.8 Å². The minimum atomic E-state index is -4.08. The van der Waals surface area contributed by atoms with E-state index in [1.165, 1.54) is 12.1 Å². The Morgan fingerprint density at radius 1 is 1.03 bits per heavy atom. The number of hydrogen-bond acceptors (Lipinski definition) is 4. The quantitative estimate of drug-likeness (QED) is 0.393. The van der Waals surface area contributed by atoms with E-state index in [1.54, 1.807) is 41.3 Å². The molecule has 0 aromatic heterocycles. The van der Waals surface area contributed by atoms with Gasteiger partial charge in [-0.25, -0.2) is 4.39 Å². The maximum absolute atomic E-state index is 13.1. The summed E-state index contributed by atoms with van der Waals surface area (Å²) < 4.78 is 42.9. The minimum absolute atomic E-state index is 0.0337. The lowest BCUT2D eigenvalue weighted by Gasteiger charge is -2.29. The van der Waals surface area contributed by atoms with Crippen LogP contribution in [0.25, 0.3) is 0 Å². The van der Waals surface area contributed by atoms with Gasteiger partial charge in [-0.05, 0) is 67.4 Å². The molecule has 5 nitrogen and oxygen atoms in total. The van der Waals surface area contributed by atoms with Gasteiger partial charge in [-0.1, -0.05) is 42.8 Å². The van der Waals surface area contributed by atoms with E-state index >= 15 is 0 Å². The lowest BCUT2D eigenvalue weighted by atomic mass is 10.1. The van der Waals surface area contributed by atoms with Crippen LogP contribution < -0.4 is 4.18 Å². The fourth-order valence-electron chi connectivity index (χ4n) is 3.06. The largest absolute Gasteiger partial charge is 0.379 e. The van der Waals surface area contributed by atoms with Gasteiger partial charge in [0.1, 0.15) is 16.5 Å². The molecule has 0 bridgehead atoms. The summed E-state index contributed by atoms with van der Waals surface area (Å²) in [6.07, 6.45) is 0.757. The van der Waals surface area contributed by atoms with Gasteiger partial charge in [0.05, 0.1) is 10.6 Å². The van der Waals surface area contributed by atoms with E-state index in [9.17, 15) is 17.6 Å². The van der Waals surface area contributed by atoms with Gasteiger partial charge in [-0.3, -0.25) is 4.79 Å². The smallest absolute Gasteiger partial charge is 0.339 e. The molecule has 0 saturated carbocycles. The maximum atomic E-state index is 13.1. The van der Waals surface area contributed by atoms with Crippen molar-refractivity contribution in [3.8, 4) is 5.75 Å². The van der Waals surface area contributed by atoms with E-state index in [1.807, 2.05) is 13.8 Å². The summed E-state index contributed by atoms with van der Waals surface area (Å²) in [5, 5.41) is 0.389. The molecule has 3 rings (SSSR count). The molecule has 8 heteroatoms. The van der Waals surface area contributed by atoms with Crippen molar-refractivity contribution in [1.29, 1.82) is 0 Å². The van der Waals surface area contributed by atoms with Gasteiger partial charge in [0.15, 0.2) is 0 Å². The van der Waals surface area contributed by atoms with Crippen molar-refractivity contribution in [3.05, 3.63) is 94.8 Å². The highest BCUT2D eigenvalue weighted by Gasteiger charge is 2.23. The summed E-state index contributed by atoms with van der Waals surface area (Å²) in [6.45, 7) is 4.28. The molecule has 0 radical (unpaired) electrons. The Morgan fingerprint density at radius 3 is 2.25 bits per heavy atom. The molecule has 0 aliphatic heterocycles. The molecule has 0 spiro atoms. The molecule has 32 heavy (non-hydrogen) atoms. The summed E-state index contributed by atoms with van der Waals surface area (Å²) in [6, 6.07) is 17.7. The highest BCUT2D eigenvalue weighted by molar-refractivity contribution is 7.87. The normalized spacial score (nSPS) is 12.2. The van der Waals surface area contributed by atoms with Crippen molar-refractivity contribution >= 4 is 27.6 Å². The van der Waals surface area contributed by atoms with Crippen molar-refractivity contribution in [2.75, 3.05) is 0 Å². The Labute approximate surface area is 192 Å². The van der Waals surface area contributed by atoms with Gasteiger partial charge in [0.25, 0.3) is 5.91 Å². The van der Waals surface area contributed by atoms with Crippen LogP contribution in [0.3, 0.4) is 0 Å². The number of hydrogen-bond donors (Lipinski definition) is 0. The first-order chi connectivity index (χ1) is 15.2. The molecular formula is C24H23ClFNO4S. The lowest BCUT2D eigenvalue weighted by Crippen LogP contribution is -2.37. The number of halogens is 2. The standard InChI is InChI=1S/C24H23ClFNO4S/c1-3-17(2)27(24(28)22-6-4-5-7-23(22)25)16-18-8-12-20(13-9-18)31-32(29,30)21-14-10-19(26)11-15-21/h4-15,17H,3,16H2,1-2H3. The fourth-order valence-corrected chi connectivity index (χ4v) is 4.21. The number of benzene rings is 3. The van der Waals surface area contributed by atoms with E-state index in [0.29, 0.717) is 17.1 Å². The van der Waals surface area contributed by atoms with Crippen molar-refractivity contribution in [2.45, 2.75) is 37.8 Å². The molecule has 3 aromatic carbocycles. The summed E-state index contributed by atoms with van der Waals surface area (Å²) in [4.78, 5) is 14.7. The molecule has 3 aromatic rings. The molecule has 1 atom stereocenters. The van der Waals surface area contributed by atoms with Gasteiger partial charge in [0.2, 0.25) is 0 Å². The lowest BCUT2D eigenvalue weighted by molar-refractivity contribution is 0.0672. The van der Waals surface area contributed by atoms with Crippen molar-refractivity contribution < 1.29 is 21.8 Å². The van der Waals surface area contributed by atoms with Crippen LogP contribution in [-0.4, -0.2) is 25.3 Å². The second-order valence-electron chi connectivity index (χ2n) is 7.31. The molecule has 0 aliphatic rings. The van der Waals surface area contributed by atoms with Crippen LogP contribution in [0, 0.1) is 5.82 Å². The highest BCUT2D eigenvalue weighted by Crippen LogP contribution is 2.23. The number of rotatable bonds is 8. The van der Waals surface area contributed by atoms with Crippen LogP contribution >= 0.6 is 11.6 Å². The third-order valence-corrected chi connectivity index (χ3v) is 6.66. The first-order valence-corrected chi connectivity index (χ1v) is 11.8. The van der Waals surface area contributed by atoms with E-state index < -0.39 is 15.9 Å². The Morgan fingerprint density at radius 2 is 1.66 bits per heavy atom. The fraction of sp³-hybridized carbons (Fsp3) is 0.208. The van der Waals surface area contributed by atoms with Crippen molar-refractivity contribution in [2.24, 2.45) is 0 Å². The molecule has 1 amide bonds. The topological polar surface area (TPSA) is 63.7 Å². The number of amides is 1. The van der Waals surface area contributed by atoms with Crippen LogP contribution in [0.1, 0.15) is 36.2 Å². The van der Waals surface area contributed by atoms with Gasteiger partial charge in [0, 0.05) is 12.6 Å². The van der Waals surface area contributed by atoms with Crippen molar-refractivity contribution in [3.63, 3.8) is 0 Å². The van der Waals surface area contributed by atoms with Gasteiger partial charge in [-0.15, -0.1) is 0 Å². The summed E-state index contributed by atoms with van der Waals surface area (Å²) >= 11 is 6.21. The number of carbonyl (C=O) groups excluding carboxylic acids is 1. The SMILES string of the molecule is CCC(C)N(Cc1ccc(OS(=O)(=O)c2ccc(F)cc2)cc1)C(=O)c1ccccc1Cl. The van der Waals surface area contributed by atoms with Crippen LogP contribution in [0.5, 0.6) is 5.75 Å².